The minimum absolute atomic E-state index is 0.0240. The number of hydrogen-bond acceptors (Lipinski definition) is 5. The molecule has 0 spiro atoms. The van der Waals surface area contributed by atoms with Crippen LogP contribution in [0.3, 0.4) is 0 Å². The van der Waals surface area contributed by atoms with E-state index in [2.05, 4.69) is 26.9 Å². The van der Waals surface area contributed by atoms with E-state index in [4.69, 9.17) is 4.98 Å². The molecule has 7 heteroatoms. The third kappa shape index (κ3) is 3.67. The highest BCUT2D eigenvalue weighted by molar-refractivity contribution is 7.13. The Morgan fingerprint density at radius 3 is 2.83 bits per heavy atom. The first-order chi connectivity index (χ1) is 14.7. The number of carbonyl (C=O) groups is 1. The second kappa shape index (κ2) is 8.30. The van der Waals surface area contributed by atoms with Gasteiger partial charge in [-0.15, -0.1) is 21.5 Å². The van der Waals surface area contributed by atoms with Gasteiger partial charge >= 0.3 is 0 Å². The van der Waals surface area contributed by atoms with Crippen LogP contribution in [-0.4, -0.2) is 37.1 Å². The number of likely N-dealkylation sites (tertiary alicyclic amines) is 1. The van der Waals surface area contributed by atoms with E-state index in [1.54, 1.807) is 0 Å². The summed E-state index contributed by atoms with van der Waals surface area (Å²) in [6.07, 6.45) is 7.29. The zero-order chi connectivity index (χ0) is 20.5. The lowest BCUT2D eigenvalue weighted by Gasteiger charge is -2.24. The Morgan fingerprint density at radius 1 is 1.10 bits per heavy atom. The minimum Gasteiger partial charge on any atom is -0.328 e. The topological polar surface area (TPSA) is 63.9 Å². The molecule has 0 N–H and O–H groups in total. The summed E-state index contributed by atoms with van der Waals surface area (Å²) in [7, 11) is 0. The number of nitrogens with zero attached hydrogens (tertiary/aromatic N) is 5. The average Bonchev–Trinajstić information content (AvgIpc) is 3.43. The van der Waals surface area contributed by atoms with Crippen molar-refractivity contribution in [1.82, 2.24) is 24.6 Å². The van der Waals surface area contributed by atoms with Crippen molar-refractivity contribution in [3.63, 3.8) is 0 Å². The molecule has 1 saturated heterocycles. The monoisotopic (exact) mass is 421 g/mol. The van der Waals surface area contributed by atoms with Crippen LogP contribution in [0.4, 0.5) is 0 Å². The summed E-state index contributed by atoms with van der Waals surface area (Å²) in [5, 5.41) is 9.99. The first kappa shape index (κ1) is 19.4. The van der Waals surface area contributed by atoms with Crippen LogP contribution in [-0.2, 0) is 19.4 Å². The molecule has 1 unspecified atom stereocenters. The number of fused-ring (bicyclic) bond motifs is 1. The normalized spacial score (nSPS) is 19.0. The van der Waals surface area contributed by atoms with Gasteiger partial charge in [0.1, 0.15) is 10.7 Å². The van der Waals surface area contributed by atoms with E-state index in [-0.39, 0.29) is 11.9 Å². The molecule has 0 saturated carbocycles. The number of amides is 1. The lowest BCUT2D eigenvalue weighted by atomic mass is 10.2. The quantitative estimate of drug-likeness (QED) is 0.629. The number of carbonyl (C=O) groups excluding carboxylic acids is 1. The lowest BCUT2D eigenvalue weighted by Crippen LogP contribution is -2.32. The van der Waals surface area contributed by atoms with Gasteiger partial charge in [0, 0.05) is 25.9 Å². The summed E-state index contributed by atoms with van der Waals surface area (Å²) in [6, 6.07) is 10.3. The van der Waals surface area contributed by atoms with Gasteiger partial charge in [0.2, 0.25) is 0 Å². The summed E-state index contributed by atoms with van der Waals surface area (Å²) >= 11 is 1.54. The van der Waals surface area contributed by atoms with Crippen LogP contribution in [0.1, 0.15) is 75.7 Å². The van der Waals surface area contributed by atoms with Gasteiger partial charge in [-0.2, -0.15) is 0 Å². The summed E-state index contributed by atoms with van der Waals surface area (Å²) in [5.74, 6) is 2.16. The Morgan fingerprint density at radius 2 is 1.97 bits per heavy atom. The average molecular weight is 422 g/mol. The number of aryl methyl sites for hydroxylation is 2. The molecule has 1 atom stereocenters. The molecule has 2 aromatic heterocycles. The third-order valence-electron chi connectivity index (χ3n) is 6.18. The van der Waals surface area contributed by atoms with Crippen molar-refractivity contribution < 1.29 is 4.79 Å². The number of thiazole rings is 1. The molecular formula is C23H27N5OS. The molecule has 156 valence electrons. The molecule has 4 heterocycles. The fourth-order valence-corrected chi connectivity index (χ4v) is 5.71. The summed E-state index contributed by atoms with van der Waals surface area (Å²) < 4.78 is 2.28. The van der Waals surface area contributed by atoms with Crippen molar-refractivity contribution in [2.24, 2.45) is 0 Å². The molecule has 1 amide bonds. The lowest BCUT2D eigenvalue weighted by molar-refractivity contribution is 0.0731. The Kier molecular flexibility index (Phi) is 5.37. The SMILES string of the molecule is Cc1nc(Cc2ccccc2)sc1C(=O)N1CCCC1c1nnc2n1CCCCC2. The van der Waals surface area contributed by atoms with E-state index >= 15 is 0 Å². The van der Waals surface area contributed by atoms with Gasteiger partial charge in [-0.05, 0) is 38.2 Å². The van der Waals surface area contributed by atoms with E-state index < -0.39 is 0 Å². The zero-order valence-corrected chi connectivity index (χ0v) is 18.2. The van der Waals surface area contributed by atoms with Crippen molar-refractivity contribution in [2.75, 3.05) is 6.54 Å². The largest absolute Gasteiger partial charge is 0.328 e. The van der Waals surface area contributed by atoms with Crippen LogP contribution in [0, 0.1) is 6.92 Å². The number of aromatic nitrogens is 4. The van der Waals surface area contributed by atoms with Gasteiger partial charge in [-0.25, -0.2) is 4.98 Å². The van der Waals surface area contributed by atoms with Gasteiger partial charge in [-0.1, -0.05) is 36.8 Å². The van der Waals surface area contributed by atoms with Crippen LogP contribution >= 0.6 is 11.3 Å². The molecule has 1 fully saturated rings. The molecule has 2 aliphatic rings. The Hall–Kier alpha value is -2.54. The van der Waals surface area contributed by atoms with E-state index in [1.165, 1.54) is 29.7 Å². The van der Waals surface area contributed by atoms with Crippen molar-refractivity contribution in [1.29, 1.82) is 0 Å². The smallest absolute Gasteiger partial charge is 0.266 e. The number of rotatable bonds is 4. The maximum absolute atomic E-state index is 13.5. The van der Waals surface area contributed by atoms with E-state index in [0.717, 1.165) is 72.4 Å². The van der Waals surface area contributed by atoms with Crippen LogP contribution in [0.5, 0.6) is 0 Å². The predicted molar refractivity (Wildman–Crippen MR) is 117 cm³/mol. The van der Waals surface area contributed by atoms with Crippen molar-refractivity contribution in [3.8, 4) is 0 Å². The first-order valence-corrected chi connectivity index (χ1v) is 11.8. The summed E-state index contributed by atoms with van der Waals surface area (Å²) in [4.78, 5) is 21.0. The van der Waals surface area contributed by atoms with Crippen LogP contribution in [0.25, 0.3) is 0 Å². The highest BCUT2D eigenvalue weighted by Gasteiger charge is 2.36. The molecule has 2 aliphatic heterocycles. The Bertz CT molecular complexity index is 1040. The van der Waals surface area contributed by atoms with Crippen LogP contribution < -0.4 is 0 Å². The predicted octanol–water partition coefficient (Wildman–Crippen LogP) is 4.34. The maximum Gasteiger partial charge on any atom is 0.266 e. The van der Waals surface area contributed by atoms with Crippen molar-refractivity contribution in [3.05, 3.63) is 63.1 Å². The molecule has 5 rings (SSSR count). The van der Waals surface area contributed by atoms with Gasteiger partial charge in [-0.3, -0.25) is 4.79 Å². The third-order valence-corrected chi connectivity index (χ3v) is 7.33. The zero-order valence-electron chi connectivity index (χ0n) is 17.4. The second-order valence-corrected chi connectivity index (χ2v) is 9.36. The van der Waals surface area contributed by atoms with Gasteiger partial charge in [0.05, 0.1) is 16.7 Å². The van der Waals surface area contributed by atoms with Crippen molar-refractivity contribution >= 4 is 17.2 Å². The molecule has 6 nitrogen and oxygen atoms in total. The fourth-order valence-electron chi connectivity index (χ4n) is 4.66. The highest BCUT2D eigenvalue weighted by Crippen LogP contribution is 2.35. The Balaban J connectivity index is 1.39. The van der Waals surface area contributed by atoms with Gasteiger partial charge < -0.3 is 9.47 Å². The minimum atomic E-state index is 0.0240. The summed E-state index contributed by atoms with van der Waals surface area (Å²) in [5.41, 5.74) is 2.05. The van der Waals surface area contributed by atoms with E-state index in [1.807, 2.05) is 30.0 Å². The fraction of sp³-hybridized carbons (Fsp3) is 0.478. The molecule has 0 bridgehead atoms. The molecule has 0 radical (unpaired) electrons. The molecular weight excluding hydrogens is 394 g/mol. The van der Waals surface area contributed by atoms with E-state index in [9.17, 15) is 4.79 Å². The van der Waals surface area contributed by atoms with E-state index in [0.29, 0.717) is 0 Å². The van der Waals surface area contributed by atoms with Gasteiger partial charge in [0.25, 0.3) is 5.91 Å². The number of benzene rings is 1. The molecule has 30 heavy (non-hydrogen) atoms. The summed E-state index contributed by atoms with van der Waals surface area (Å²) in [6.45, 7) is 3.69. The Labute approximate surface area is 181 Å². The molecule has 3 aromatic rings. The van der Waals surface area contributed by atoms with Crippen molar-refractivity contribution in [2.45, 2.75) is 64.5 Å². The molecule has 0 aliphatic carbocycles. The first-order valence-electron chi connectivity index (χ1n) is 10.9. The number of hydrogen-bond donors (Lipinski definition) is 0. The van der Waals surface area contributed by atoms with Crippen LogP contribution in [0.2, 0.25) is 0 Å². The standard InChI is InChI=1S/C23H27N5OS/c1-16-21(30-20(24-16)15-17-9-4-2-5-10-17)23(29)27-14-8-11-18(27)22-26-25-19-12-6-3-7-13-28(19)22/h2,4-5,9-10,18H,3,6-8,11-15H2,1H3. The maximum atomic E-state index is 13.5. The van der Waals surface area contributed by atoms with Gasteiger partial charge in [0.15, 0.2) is 5.82 Å². The molecule has 1 aromatic carbocycles. The van der Waals surface area contributed by atoms with Crippen LogP contribution in [0.15, 0.2) is 30.3 Å². The second-order valence-electron chi connectivity index (χ2n) is 8.28. The highest BCUT2D eigenvalue weighted by atomic mass is 32.1.